The summed E-state index contributed by atoms with van der Waals surface area (Å²) >= 11 is 0. The van der Waals surface area contributed by atoms with Crippen LogP contribution < -0.4 is 0 Å². The average molecular weight is 285 g/mol. The molecule has 1 aliphatic rings. The van der Waals surface area contributed by atoms with Gasteiger partial charge in [0.25, 0.3) is 5.91 Å². The lowest BCUT2D eigenvalue weighted by molar-refractivity contribution is 0.0533. The van der Waals surface area contributed by atoms with Crippen molar-refractivity contribution in [2.75, 3.05) is 26.7 Å². The van der Waals surface area contributed by atoms with Crippen molar-refractivity contribution in [2.24, 2.45) is 0 Å². The van der Waals surface area contributed by atoms with Gasteiger partial charge in [-0.3, -0.25) is 4.79 Å². The summed E-state index contributed by atoms with van der Waals surface area (Å²) < 4.78 is 4.84. The number of hydrogen-bond donors (Lipinski definition) is 0. The molecule has 0 unspecified atom stereocenters. The van der Waals surface area contributed by atoms with Gasteiger partial charge in [-0.15, -0.1) is 0 Å². The minimum atomic E-state index is 0.0994. The number of hydrogen-bond acceptors (Lipinski definition) is 4. The van der Waals surface area contributed by atoms with Gasteiger partial charge < -0.3 is 14.3 Å². The molecule has 1 atom stereocenters. The lowest BCUT2D eigenvalue weighted by Crippen LogP contribution is -2.52. The number of piperazine rings is 1. The van der Waals surface area contributed by atoms with Crippen molar-refractivity contribution < 1.29 is 9.32 Å². The number of likely N-dealkylation sites (N-methyl/N-ethyl adjacent to an activating group) is 1. The lowest BCUT2D eigenvalue weighted by Gasteiger charge is -2.38. The van der Waals surface area contributed by atoms with Crippen molar-refractivity contribution in [1.29, 1.82) is 0 Å². The molecule has 0 N–H and O–H groups in total. The molecule has 1 fully saturated rings. The Bertz CT molecular complexity index is 607. The van der Waals surface area contributed by atoms with E-state index in [2.05, 4.69) is 24.0 Å². The molecule has 1 aliphatic heterocycles. The Morgan fingerprint density at radius 3 is 2.62 bits per heavy atom. The topological polar surface area (TPSA) is 49.6 Å². The predicted molar refractivity (Wildman–Crippen MR) is 79.9 cm³/mol. The molecule has 1 saturated heterocycles. The van der Waals surface area contributed by atoms with Gasteiger partial charge in [0.05, 0.1) is 0 Å². The summed E-state index contributed by atoms with van der Waals surface area (Å²) in [6.45, 7) is 4.72. The van der Waals surface area contributed by atoms with Crippen molar-refractivity contribution in [3.8, 4) is 11.3 Å². The Labute approximate surface area is 124 Å². The van der Waals surface area contributed by atoms with Crippen LogP contribution in [0.25, 0.3) is 11.3 Å². The first-order chi connectivity index (χ1) is 10.1. The summed E-state index contributed by atoms with van der Waals surface area (Å²) in [4.78, 5) is 16.8. The highest BCUT2D eigenvalue weighted by Gasteiger charge is 2.26. The van der Waals surface area contributed by atoms with Crippen molar-refractivity contribution in [3.05, 3.63) is 42.2 Å². The summed E-state index contributed by atoms with van der Waals surface area (Å²) in [6.07, 6.45) is 1.54. The van der Waals surface area contributed by atoms with Crippen molar-refractivity contribution in [3.63, 3.8) is 0 Å². The van der Waals surface area contributed by atoms with Gasteiger partial charge in [0.2, 0.25) is 0 Å². The van der Waals surface area contributed by atoms with Gasteiger partial charge in [-0.2, -0.15) is 0 Å². The van der Waals surface area contributed by atoms with E-state index < -0.39 is 0 Å². The van der Waals surface area contributed by atoms with Crippen molar-refractivity contribution in [1.82, 2.24) is 15.0 Å². The quantitative estimate of drug-likeness (QED) is 0.848. The zero-order valence-corrected chi connectivity index (χ0v) is 12.3. The van der Waals surface area contributed by atoms with Gasteiger partial charge in [0, 0.05) is 42.9 Å². The monoisotopic (exact) mass is 285 g/mol. The van der Waals surface area contributed by atoms with Gasteiger partial charge in [-0.1, -0.05) is 17.3 Å². The van der Waals surface area contributed by atoms with Crippen molar-refractivity contribution >= 4 is 5.91 Å². The normalized spacial score (nSPS) is 19.7. The summed E-state index contributed by atoms with van der Waals surface area (Å²) in [6, 6.07) is 9.58. The van der Waals surface area contributed by atoms with Gasteiger partial charge in [-0.25, -0.2) is 0 Å². The average Bonchev–Trinajstić information content (AvgIpc) is 3.01. The molecule has 1 amide bonds. The number of nitrogens with zero attached hydrogens (tertiary/aromatic N) is 3. The molecule has 5 heteroatoms. The number of carbonyl (C=O) groups excluding carboxylic acids is 1. The third-order valence-corrected chi connectivity index (χ3v) is 3.96. The molecule has 0 spiro atoms. The maximum atomic E-state index is 12.6. The molecule has 5 nitrogen and oxygen atoms in total. The number of aromatic nitrogens is 1. The molecule has 0 saturated carbocycles. The standard InChI is InChI=1S/C16H19N3O2/c1-12-11-18(2)8-9-19(12)16(20)14-5-3-13(4-6-14)15-7-10-21-17-15/h3-7,10,12H,8-9,11H2,1-2H3/t12-/m0/s1. The lowest BCUT2D eigenvalue weighted by atomic mass is 10.1. The molecule has 2 heterocycles. The second kappa shape index (κ2) is 5.69. The van der Waals surface area contributed by atoms with Crippen LogP contribution in [0.3, 0.4) is 0 Å². The molecule has 0 aliphatic carbocycles. The smallest absolute Gasteiger partial charge is 0.254 e. The first-order valence-electron chi connectivity index (χ1n) is 7.15. The van der Waals surface area contributed by atoms with E-state index in [0.717, 1.165) is 36.5 Å². The van der Waals surface area contributed by atoms with Crippen LogP contribution in [-0.4, -0.2) is 53.6 Å². The van der Waals surface area contributed by atoms with Gasteiger partial charge in [-0.05, 0) is 26.1 Å². The van der Waals surface area contributed by atoms with Crippen LogP contribution in [0.15, 0.2) is 41.1 Å². The largest absolute Gasteiger partial charge is 0.364 e. The van der Waals surface area contributed by atoms with E-state index in [-0.39, 0.29) is 11.9 Å². The zero-order chi connectivity index (χ0) is 14.8. The summed E-state index contributed by atoms with van der Waals surface area (Å²) in [7, 11) is 2.09. The maximum Gasteiger partial charge on any atom is 0.254 e. The zero-order valence-electron chi connectivity index (χ0n) is 12.3. The first-order valence-corrected chi connectivity index (χ1v) is 7.15. The fourth-order valence-corrected chi connectivity index (χ4v) is 2.75. The van der Waals surface area contributed by atoms with Crippen LogP contribution in [0.4, 0.5) is 0 Å². The van der Waals surface area contributed by atoms with Gasteiger partial charge in [0.15, 0.2) is 0 Å². The Kier molecular flexibility index (Phi) is 3.75. The highest BCUT2D eigenvalue weighted by Crippen LogP contribution is 2.19. The van der Waals surface area contributed by atoms with Gasteiger partial charge >= 0.3 is 0 Å². The third-order valence-electron chi connectivity index (χ3n) is 3.96. The minimum absolute atomic E-state index is 0.0994. The molecule has 0 bridgehead atoms. The van der Waals surface area contributed by atoms with Crippen LogP contribution in [0.1, 0.15) is 17.3 Å². The van der Waals surface area contributed by atoms with Crippen LogP contribution in [0.2, 0.25) is 0 Å². The van der Waals surface area contributed by atoms with E-state index in [0.29, 0.717) is 0 Å². The van der Waals surface area contributed by atoms with E-state index >= 15 is 0 Å². The highest BCUT2D eigenvalue weighted by atomic mass is 16.5. The minimum Gasteiger partial charge on any atom is -0.364 e. The van der Waals surface area contributed by atoms with Crippen molar-refractivity contribution in [2.45, 2.75) is 13.0 Å². The maximum absolute atomic E-state index is 12.6. The molecule has 3 rings (SSSR count). The van der Waals surface area contributed by atoms with E-state index in [1.54, 1.807) is 12.3 Å². The highest BCUT2D eigenvalue weighted by molar-refractivity contribution is 5.95. The summed E-state index contributed by atoms with van der Waals surface area (Å²) in [5.41, 5.74) is 2.45. The second-order valence-electron chi connectivity index (χ2n) is 5.57. The first kappa shape index (κ1) is 13.8. The number of carbonyl (C=O) groups is 1. The Balaban J connectivity index is 1.76. The second-order valence-corrected chi connectivity index (χ2v) is 5.57. The van der Waals surface area contributed by atoms with E-state index in [1.807, 2.05) is 29.2 Å². The molecule has 1 aromatic heterocycles. The van der Waals surface area contributed by atoms with E-state index in [9.17, 15) is 4.79 Å². The van der Waals surface area contributed by atoms with Crippen LogP contribution in [0, 0.1) is 0 Å². The molecule has 21 heavy (non-hydrogen) atoms. The number of benzene rings is 1. The number of amides is 1. The fourth-order valence-electron chi connectivity index (χ4n) is 2.75. The molecular weight excluding hydrogens is 266 g/mol. The Morgan fingerprint density at radius 2 is 2.00 bits per heavy atom. The SMILES string of the molecule is C[C@H]1CN(C)CCN1C(=O)c1ccc(-c2ccon2)cc1. The van der Waals surface area contributed by atoms with Crippen LogP contribution in [-0.2, 0) is 0 Å². The molecule has 0 radical (unpaired) electrons. The van der Waals surface area contributed by atoms with E-state index in [1.165, 1.54) is 0 Å². The molecule has 2 aromatic rings. The van der Waals surface area contributed by atoms with E-state index in [4.69, 9.17) is 4.52 Å². The summed E-state index contributed by atoms with van der Waals surface area (Å²) in [5.74, 6) is 0.0994. The van der Waals surface area contributed by atoms with Gasteiger partial charge in [0.1, 0.15) is 12.0 Å². The Morgan fingerprint density at radius 1 is 1.24 bits per heavy atom. The molecule has 110 valence electrons. The summed E-state index contributed by atoms with van der Waals surface area (Å²) in [5, 5.41) is 3.90. The molecule has 1 aromatic carbocycles. The fraction of sp³-hybridized carbons (Fsp3) is 0.375. The van der Waals surface area contributed by atoms with Crippen LogP contribution >= 0.6 is 0 Å². The molecular formula is C16H19N3O2. The number of rotatable bonds is 2. The predicted octanol–water partition coefficient (Wildman–Crippen LogP) is 2.12. The third kappa shape index (κ3) is 2.83. The van der Waals surface area contributed by atoms with Crippen LogP contribution in [0.5, 0.6) is 0 Å². The Hall–Kier alpha value is -2.14.